The van der Waals surface area contributed by atoms with Gasteiger partial charge in [-0.1, -0.05) is 18.2 Å². The number of hydrogen-bond donors (Lipinski definition) is 2. The highest BCUT2D eigenvalue weighted by Gasteiger charge is 2.23. The van der Waals surface area contributed by atoms with Crippen molar-refractivity contribution in [2.45, 2.75) is 6.10 Å². The Bertz CT molecular complexity index is 949. The Morgan fingerprint density at radius 1 is 0.938 bits per heavy atom. The van der Waals surface area contributed by atoms with Crippen LogP contribution in [-0.4, -0.2) is 80.1 Å². The first-order chi connectivity index (χ1) is 15.5. The molecular formula is C23H27FN4O4. The molecule has 1 fully saturated rings. The Labute approximate surface area is 186 Å². The van der Waals surface area contributed by atoms with Crippen molar-refractivity contribution >= 4 is 17.5 Å². The number of fused-ring (bicyclic) bond motifs is 1. The first-order valence-electron chi connectivity index (χ1n) is 10.7. The number of rotatable bonds is 7. The molecule has 0 radical (unpaired) electrons. The van der Waals surface area contributed by atoms with Crippen LogP contribution in [0.2, 0.25) is 0 Å². The molecule has 2 aromatic carbocycles. The molecule has 0 saturated carbocycles. The minimum Gasteiger partial charge on any atom is -0.486 e. The monoisotopic (exact) mass is 442 g/mol. The molecule has 2 amide bonds. The van der Waals surface area contributed by atoms with Crippen molar-refractivity contribution in [2.75, 3.05) is 57.7 Å². The molecule has 0 aromatic heterocycles. The summed E-state index contributed by atoms with van der Waals surface area (Å²) in [6, 6.07) is 13.3. The Morgan fingerprint density at radius 3 is 2.34 bits per heavy atom. The number of amides is 2. The number of carbonyl (C=O) groups is 2. The molecule has 2 aliphatic heterocycles. The van der Waals surface area contributed by atoms with E-state index in [4.69, 9.17) is 9.47 Å². The number of ether oxygens (including phenoxy) is 2. The summed E-state index contributed by atoms with van der Waals surface area (Å²) in [6.45, 7) is 4.06. The second-order valence-electron chi connectivity index (χ2n) is 7.91. The maximum absolute atomic E-state index is 13.2. The Kier molecular flexibility index (Phi) is 7.18. The van der Waals surface area contributed by atoms with Gasteiger partial charge in [-0.05, 0) is 30.3 Å². The number of piperazine rings is 1. The lowest BCUT2D eigenvalue weighted by Crippen LogP contribution is -2.51. The number of hydrogen-bond acceptors (Lipinski definition) is 6. The fraction of sp³-hybridized carbons (Fsp3) is 0.391. The van der Waals surface area contributed by atoms with Gasteiger partial charge in [0.15, 0.2) is 11.5 Å². The van der Waals surface area contributed by atoms with E-state index in [0.29, 0.717) is 57.3 Å². The van der Waals surface area contributed by atoms with Gasteiger partial charge in [-0.3, -0.25) is 19.4 Å². The molecule has 1 saturated heterocycles. The summed E-state index contributed by atoms with van der Waals surface area (Å²) in [5, 5.41) is 5.62. The molecule has 0 spiro atoms. The lowest BCUT2D eigenvalue weighted by molar-refractivity contribution is -0.124. The van der Waals surface area contributed by atoms with Crippen LogP contribution in [0.5, 0.6) is 11.5 Å². The van der Waals surface area contributed by atoms with E-state index in [1.807, 2.05) is 29.2 Å². The number of para-hydroxylation sites is 2. The van der Waals surface area contributed by atoms with Crippen molar-refractivity contribution < 1.29 is 23.5 Å². The van der Waals surface area contributed by atoms with Crippen LogP contribution < -0.4 is 20.1 Å². The largest absolute Gasteiger partial charge is 0.486 e. The molecule has 4 rings (SSSR count). The molecule has 0 unspecified atom stereocenters. The quantitative estimate of drug-likeness (QED) is 0.674. The van der Waals surface area contributed by atoms with E-state index in [-0.39, 0.29) is 30.3 Å². The van der Waals surface area contributed by atoms with Crippen LogP contribution in [-0.2, 0) is 9.59 Å². The van der Waals surface area contributed by atoms with E-state index in [9.17, 15) is 14.0 Å². The number of carbonyl (C=O) groups excluding carboxylic acids is 2. The fourth-order valence-corrected chi connectivity index (χ4v) is 3.73. The van der Waals surface area contributed by atoms with Gasteiger partial charge in [-0.2, -0.15) is 0 Å². The van der Waals surface area contributed by atoms with Gasteiger partial charge in [0.1, 0.15) is 18.5 Å². The molecule has 1 atom stereocenters. The molecule has 8 nitrogen and oxygen atoms in total. The highest BCUT2D eigenvalue weighted by molar-refractivity contribution is 5.92. The van der Waals surface area contributed by atoms with Gasteiger partial charge in [-0.15, -0.1) is 0 Å². The molecule has 0 bridgehead atoms. The minimum atomic E-state index is -0.387. The summed E-state index contributed by atoms with van der Waals surface area (Å²) in [7, 11) is 0. The maximum Gasteiger partial charge on any atom is 0.238 e. The zero-order valence-electron chi connectivity index (χ0n) is 17.8. The Balaban J connectivity index is 1.13. The maximum atomic E-state index is 13.2. The summed E-state index contributed by atoms with van der Waals surface area (Å²) < 4.78 is 24.7. The van der Waals surface area contributed by atoms with E-state index in [0.717, 1.165) is 5.75 Å². The zero-order chi connectivity index (χ0) is 22.3. The molecule has 2 aromatic rings. The smallest absolute Gasteiger partial charge is 0.238 e. The summed E-state index contributed by atoms with van der Waals surface area (Å²) in [5.41, 5.74) is 0.446. The molecule has 2 heterocycles. The first kappa shape index (κ1) is 22.0. The van der Waals surface area contributed by atoms with E-state index in [1.165, 1.54) is 12.1 Å². The third kappa shape index (κ3) is 6.18. The number of anilines is 1. The van der Waals surface area contributed by atoms with Crippen LogP contribution in [0.15, 0.2) is 48.5 Å². The van der Waals surface area contributed by atoms with Crippen LogP contribution in [0.1, 0.15) is 0 Å². The van der Waals surface area contributed by atoms with E-state index in [2.05, 4.69) is 15.5 Å². The summed E-state index contributed by atoms with van der Waals surface area (Å²) in [4.78, 5) is 28.6. The summed E-state index contributed by atoms with van der Waals surface area (Å²) in [5.74, 6) is 0.776. The van der Waals surface area contributed by atoms with Crippen molar-refractivity contribution in [3.63, 3.8) is 0 Å². The lowest BCUT2D eigenvalue weighted by Gasteiger charge is -2.34. The summed E-state index contributed by atoms with van der Waals surface area (Å²) >= 11 is 0. The van der Waals surface area contributed by atoms with Gasteiger partial charge in [0.25, 0.3) is 0 Å². The molecule has 32 heavy (non-hydrogen) atoms. The van der Waals surface area contributed by atoms with Crippen LogP contribution in [0.25, 0.3) is 0 Å². The molecule has 2 aliphatic rings. The SMILES string of the molecule is O=C(CN1CCN(CC(=O)Nc2cccc(F)c2)CC1)NC[C@H]1COc2ccccc2O1. The predicted molar refractivity (Wildman–Crippen MR) is 117 cm³/mol. The van der Waals surface area contributed by atoms with Crippen molar-refractivity contribution in [1.82, 2.24) is 15.1 Å². The molecule has 170 valence electrons. The Morgan fingerprint density at radius 2 is 1.62 bits per heavy atom. The minimum absolute atomic E-state index is 0.0650. The number of halogens is 1. The summed E-state index contributed by atoms with van der Waals surface area (Å²) in [6.07, 6.45) is -0.220. The van der Waals surface area contributed by atoms with E-state index in [1.54, 1.807) is 12.1 Å². The van der Waals surface area contributed by atoms with Crippen LogP contribution in [0.4, 0.5) is 10.1 Å². The lowest BCUT2D eigenvalue weighted by atomic mass is 10.2. The molecule has 9 heteroatoms. The van der Waals surface area contributed by atoms with Crippen LogP contribution in [0, 0.1) is 5.82 Å². The highest BCUT2D eigenvalue weighted by atomic mass is 19.1. The Hall–Kier alpha value is -3.17. The van der Waals surface area contributed by atoms with Crippen LogP contribution in [0.3, 0.4) is 0 Å². The van der Waals surface area contributed by atoms with Gasteiger partial charge in [0.05, 0.1) is 19.6 Å². The van der Waals surface area contributed by atoms with Crippen molar-refractivity contribution in [1.29, 1.82) is 0 Å². The number of nitrogens with one attached hydrogen (secondary N) is 2. The standard InChI is InChI=1S/C23H27FN4O4/c24-17-4-3-5-18(12-17)26-23(30)15-28-10-8-27(9-11-28)14-22(29)25-13-19-16-31-20-6-1-2-7-21(20)32-19/h1-7,12,19H,8-11,13-16H2,(H,25,29)(H,26,30)/t19-/m0/s1. The topological polar surface area (TPSA) is 83.1 Å². The molecular weight excluding hydrogens is 415 g/mol. The third-order valence-corrected chi connectivity index (χ3v) is 5.40. The second-order valence-corrected chi connectivity index (χ2v) is 7.91. The van der Waals surface area contributed by atoms with Gasteiger partial charge in [0, 0.05) is 31.9 Å². The molecule has 2 N–H and O–H groups in total. The van der Waals surface area contributed by atoms with Crippen molar-refractivity contribution in [3.8, 4) is 11.5 Å². The van der Waals surface area contributed by atoms with Crippen molar-refractivity contribution in [2.24, 2.45) is 0 Å². The van der Waals surface area contributed by atoms with Gasteiger partial charge < -0.3 is 20.1 Å². The normalized spacial score (nSPS) is 18.7. The number of benzene rings is 2. The van der Waals surface area contributed by atoms with Crippen LogP contribution >= 0.6 is 0 Å². The first-order valence-corrected chi connectivity index (χ1v) is 10.7. The van der Waals surface area contributed by atoms with Gasteiger partial charge in [0.2, 0.25) is 11.8 Å². The predicted octanol–water partition coefficient (Wildman–Crippen LogP) is 1.34. The van der Waals surface area contributed by atoms with Crippen molar-refractivity contribution in [3.05, 3.63) is 54.3 Å². The highest BCUT2D eigenvalue weighted by Crippen LogP contribution is 2.30. The molecule has 0 aliphatic carbocycles. The average Bonchev–Trinajstić information content (AvgIpc) is 2.79. The van der Waals surface area contributed by atoms with E-state index >= 15 is 0 Å². The fourth-order valence-electron chi connectivity index (χ4n) is 3.73. The van der Waals surface area contributed by atoms with Gasteiger partial charge in [-0.25, -0.2) is 4.39 Å². The van der Waals surface area contributed by atoms with Gasteiger partial charge >= 0.3 is 0 Å². The van der Waals surface area contributed by atoms with E-state index < -0.39 is 0 Å². The second kappa shape index (κ2) is 10.4. The average molecular weight is 442 g/mol. The third-order valence-electron chi connectivity index (χ3n) is 5.40. The number of nitrogens with zero attached hydrogens (tertiary/aromatic N) is 2. The zero-order valence-corrected chi connectivity index (χ0v) is 17.8.